The van der Waals surface area contributed by atoms with E-state index in [0.29, 0.717) is 11.1 Å². The van der Waals surface area contributed by atoms with E-state index in [2.05, 4.69) is 18.1 Å². The second-order valence-corrected chi connectivity index (χ2v) is 10.9. The molecule has 0 aliphatic carbocycles. The number of phosphoric ester groups is 1. The van der Waals surface area contributed by atoms with E-state index in [1.54, 1.807) is 24.3 Å². The summed E-state index contributed by atoms with van der Waals surface area (Å²) < 4.78 is 52.9. The van der Waals surface area contributed by atoms with Crippen molar-refractivity contribution < 1.29 is 51.2 Å². The summed E-state index contributed by atoms with van der Waals surface area (Å²) in [5.41, 5.74) is -0.217. The first kappa shape index (κ1) is 24.9. The Morgan fingerprint density at radius 1 is 1.03 bits per heavy atom. The van der Waals surface area contributed by atoms with Crippen LogP contribution in [0.3, 0.4) is 0 Å². The molecule has 2 unspecified atom stereocenters. The molecule has 2 aromatic rings. The van der Waals surface area contributed by atoms with Crippen molar-refractivity contribution in [3.8, 4) is 0 Å². The molecule has 0 saturated carbocycles. The third kappa shape index (κ3) is 5.98. The Labute approximate surface area is 178 Å². The zero-order valence-electron chi connectivity index (χ0n) is 16.0. The van der Waals surface area contributed by atoms with Gasteiger partial charge in [0.1, 0.15) is 6.10 Å². The normalized spacial score (nSPS) is 22.2. The molecule has 3 rings (SSSR count). The standard InChI is InChI=1S/C14H17N2O13P3/c1-8-6-16(14(18)15-12(8)17)13-10-5-3-2-4-9(10)11(27-13)7-26-31(22,23)29-32(24,25)28-30(19,20)21/h2-6,11,13H,7H2,1H3,(H,22,23)(H,24,25)(H,15,17,18)(H2,19,20,21)/t11-,13-/m1/s1. The fraction of sp³-hybridized carbons (Fsp3) is 0.286. The molecule has 0 fully saturated rings. The first-order valence-corrected chi connectivity index (χ1v) is 13.0. The lowest BCUT2D eigenvalue weighted by Gasteiger charge is -2.19. The fourth-order valence-corrected chi connectivity index (χ4v) is 5.92. The number of aromatic nitrogens is 2. The number of fused-ring (bicyclic) bond motifs is 1. The maximum absolute atomic E-state index is 12.2. The fourth-order valence-electron chi connectivity index (χ4n) is 2.90. The molecule has 4 atom stereocenters. The average Bonchev–Trinajstić information content (AvgIpc) is 2.99. The molecule has 0 spiro atoms. The van der Waals surface area contributed by atoms with Gasteiger partial charge in [-0.05, 0) is 12.5 Å². The van der Waals surface area contributed by atoms with Gasteiger partial charge in [0.05, 0.1) is 6.61 Å². The highest BCUT2D eigenvalue weighted by atomic mass is 31.3. The van der Waals surface area contributed by atoms with Gasteiger partial charge in [-0.2, -0.15) is 8.62 Å². The first-order valence-electron chi connectivity index (χ1n) is 8.52. The molecular weight excluding hydrogens is 497 g/mol. The minimum Gasteiger partial charge on any atom is -0.343 e. The van der Waals surface area contributed by atoms with Crippen LogP contribution in [0.25, 0.3) is 0 Å². The molecule has 0 amide bonds. The number of rotatable bonds is 8. The van der Waals surface area contributed by atoms with Crippen molar-refractivity contribution in [1.82, 2.24) is 9.55 Å². The lowest BCUT2D eigenvalue weighted by molar-refractivity contribution is -0.0336. The molecule has 0 saturated heterocycles. The maximum Gasteiger partial charge on any atom is 0.490 e. The SMILES string of the molecule is Cc1cn([C@@H]2O[C@H](COP(=O)(O)OP(=O)(O)OP(=O)(O)O)c3ccccc32)c(=O)[nH]c1=O. The van der Waals surface area contributed by atoms with Crippen molar-refractivity contribution in [2.24, 2.45) is 0 Å². The highest BCUT2D eigenvalue weighted by Crippen LogP contribution is 2.66. The molecule has 0 radical (unpaired) electrons. The van der Waals surface area contributed by atoms with Gasteiger partial charge in [0.2, 0.25) is 0 Å². The van der Waals surface area contributed by atoms with Crippen LogP contribution in [0, 0.1) is 6.92 Å². The minimum atomic E-state index is -5.66. The van der Waals surface area contributed by atoms with Crippen molar-refractivity contribution in [2.75, 3.05) is 6.61 Å². The van der Waals surface area contributed by atoms with Crippen molar-refractivity contribution in [3.63, 3.8) is 0 Å². The van der Waals surface area contributed by atoms with E-state index in [-0.39, 0.29) is 5.56 Å². The predicted octanol–water partition coefficient (Wildman–Crippen LogP) is 0.807. The van der Waals surface area contributed by atoms with Crippen LogP contribution in [-0.4, -0.2) is 35.7 Å². The van der Waals surface area contributed by atoms with E-state index in [4.69, 9.17) is 14.5 Å². The van der Waals surface area contributed by atoms with Gasteiger partial charge < -0.3 is 24.3 Å². The molecule has 176 valence electrons. The Morgan fingerprint density at radius 3 is 2.28 bits per heavy atom. The monoisotopic (exact) mass is 514 g/mol. The Balaban J connectivity index is 1.80. The van der Waals surface area contributed by atoms with Crippen LogP contribution in [0.2, 0.25) is 0 Å². The Bertz CT molecular complexity index is 1280. The summed E-state index contributed by atoms with van der Waals surface area (Å²) in [6.45, 7) is 0.747. The van der Waals surface area contributed by atoms with Gasteiger partial charge in [-0.3, -0.25) is 18.9 Å². The summed E-state index contributed by atoms with van der Waals surface area (Å²) in [4.78, 5) is 62.0. The minimum absolute atomic E-state index is 0.224. The van der Waals surface area contributed by atoms with E-state index in [0.717, 1.165) is 4.57 Å². The van der Waals surface area contributed by atoms with Crippen LogP contribution in [-0.2, 0) is 31.6 Å². The van der Waals surface area contributed by atoms with Crippen molar-refractivity contribution in [3.05, 3.63) is 68.0 Å². The lowest BCUT2D eigenvalue weighted by atomic mass is 10.0. The molecule has 0 bridgehead atoms. The van der Waals surface area contributed by atoms with E-state index >= 15 is 0 Å². The van der Waals surface area contributed by atoms with Crippen LogP contribution < -0.4 is 11.2 Å². The summed E-state index contributed by atoms with van der Waals surface area (Å²) in [7, 11) is -16.5. The van der Waals surface area contributed by atoms with Gasteiger partial charge in [-0.25, -0.2) is 18.5 Å². The zero-order valence-corrected chi connectivity index (χ0v) is 18.7. The Morgan fingerprint density at radius 2 is 1.66 bits per heavy atom. The smallest absolute Gasteiger partial charge is 0.343 e. The number of H-pyrrole nitrogens is 1. The summed E-state index contributed by atoms with van der Waals surface area (Å²) in [5, 5.41) is 0. The second-order valence-electron chi connectivity index (χ2n) is 6.47. The number of aryl methyl sites for hydroxylation is 1. The summed E-state index contributed by atoms with van der Waals surface area (Å²) in [6, 6.07) is 6.44. The van der Waals surface area contributed by atoms with E-state index in [1.165, 1.54) is 13.1 Å². The van der Waals surface area contributed by atoms with Crippen LogP contribution in [0.1, 0.15) is 29.0 Å². The second kappa shape index (κ2) is 8.90. The number of hydrogen-bond acceptors (Lipinski definition) is 9. The third-order valence-corrected chi connectivity index (χ3v) is 7.91. The molecule has 1 aliphatic heterocycles. The van der Waals surface area contributed by atoms with Crippen LogP contribution >= 0.6 is 23.5 Å². The van der Waals surface area contributed by atoms with Crippen molar-refractivity contribution >= 4 is 23.5 Å². The van der Waals surface area contributed by atoms with E-state index < -0.39 is 53.7 Å². The third-order valence-electron chi connectivity index (χ3n) is 4.11. The molecule has 1 aromatic heterocycles. The zero-order chi connectivity index (χ0) is 23.9. The highest BCUT2D eigenvalue weighted by molar-refractivity contribution is 7.66. The maximum atomic E-state index is 12.2. The molecule has 32 heavy (non-hydrogen) atoms. The van der Waals surface area contributed by atoms with Gasteiger partial charge in [-0.1, -0.05) is 24.3 Å². The van der Waals surface area contributed by atoms with Crippen LogP contribution in [0.4, 0.5) is 0 Å². The number of aromatic amines is 1. The van der Waals surface area contributed by atoms with E-state index in [1.807, 2.05) is 0 Å². The van der Waals surface area contributed by atoms with Gasteiger partial charge in [0.15, 0.2) is 6.23 Å². The summed E-state index contributed by atoms with van der Waals surface area (Å²) >= 11 is 0. The number of phosphoric acid groups is 3. The largest absolute Gasteiger partial charge is 0.490 e. The molecule has 1 aromatic carbocycles. The number of nitrogens with zero attached hydrogens (tertiary/aromatic N) is 1. The summed E-state index contributed by atoms with van der Waals surface area (Å²) in [6.07, 6.45) is -0.836. The molecule has 18 heteroatoms. The topological polar surface area (TPSA) is 224 Å². The number of nitrogens with one attached hydrogen (secondary N) is 1. The average molecular weight is 514 g/mol. The summed E-state index contributed by atoms with van der Waals surface area (Å²) in [5.74, 6) is 0. The van der Waals surface area contributed by atoms with Gasteiger partial charge in [0, 0.05) is 17.3 Å². The number of benzene rings is 1. The van der Waals surface area contributed by atoms with Crippen LogP contribution in [0.5, 0.6) is 0 Å². The first-order chi connectivity index (χ1) is 14.7. The molecule has 2 heterocycles. The molecule has 15 nitrogen and oxygen atoms in total. The van der Waals surface area contributed by atoms with Gasteiger partial charge in [0.25, 0.3) is 5.56 Å². The number of hydrogen-bond donors (Lipinski definition) is 5. The quantitative estimate of drug-likeness (QED) is 0.308. The number of ether oxygens (including phenoxy) is 1. The van der Waals surface area contributed by atoms with Crippen molar-refractivity contribution in [1.29, 1.82) is 0 Å². The molecular formula is C14H17N2O13P3. The Hall–Kier alpha value is -1.73. The lowest BCUT2D eigenvalue weighted by Crippen LogP contribution is -2.33. The Kier molecular flexibility index (Phi) is 6.93. The molecule has 5 N–H and O–H groups in total. The van der Waals surface area contributed by atoms with E-state index in [9.17, 15) is 33.1 Å². The van der Waals surface area contributed by atoms with Gasteiger partial charge >= 0.3 is 29.2 Å². The highest BCUT2D eigenvalue weighted by Gasteiger charge is 2.42. The van der Waals surface area contributed by atoms with Crippen molar-refractivity contribution in [2.45, 2.75) is 19.3 Å². The van der Waals surface area contributed by atoms with Crippen LogP contribution in [0.15, 0.2) is 40.1 Å². The molecule has 1 aliphatic rings. The van der Waals surface area contributed by atoms with Gasteiger partial charge in [-0.15, -0.1) is 0 Å². The predicted molar refractivity (Wildman–Crippen MR) is 104 cm³/mol.